The monoisotopic (exact) mass is 322 g/mol. The molecule has 0 aromatic heterocycles. The van der Waals surface area contributed by atoms with Crippen molar-refractivity contribution in [3.8, 4) is 0 Å². The number of aliphatic imine (C=N–C) groups is 1. The molecule has 2 aliphatic rings. The molecular formula is C15H22N4O4. The number of carbonyl (C=O) groups is 2. The molecule has 1 heterocycles. The van der Waals surface area contributed by atoms with Gasteiger partial charge in [0.15, 0.2) is 5.96 Å². The Morgan fingerprint density at radius 3 is 2.83 bits per heavy atom. The number of nitrogens with one attached hydrogen (secondary N) is 1. The Morgan fingerprint density at radius 2 is 2.09 bits per heavy atom. The number of carbonyl (C=O) groups excluding carboxylic acids is 1. The molecule has 7 N–H and O–H groups in total. The fraction of sp³-hybridized carbons (Fsp3) is 0.400. The number of aliphatic carboxylic acids is 1. The first-order valence-corrected chi connectivity index (χ1v) is 7.12. The van der Waals surface area contributed by atoms with Crippen molar-refractivity contribution in [1.29, 1.82) is 0 Å². The van der Waals surface area contributed by atoms with Gasteiger partial charge in [-0.2, -0.15) is 0 Å². The molecule has 0 saturated heterocycles. The van der Waals surface area contributed by atoms with Crippen LogP contribution in [-0.2, 0) is 14.3 Å². The molecule has 0 aromatic rings. The third kappa shape index (κ3) is 5.59. The highest BCUT2D eigenvalue weighted by Gasteiger charge is 2.30. The normalized spacial score (nSPS) is 22.5. The minimum absolute atomic E-state index is 0. The summed E-state index contributed by atoms with van der Waals surface area (Å²) < 4.78 is 5.21. The van der Waals surface area contributed by atoms with Crippen LogP contribution < -0.4 is 17.2 Å². The second-order valence-corrected chi connectivity index (χ2v) is 5.04. The second-order valence-electron chi connectivity index (χ2n) is 5.04. The van der Waals surface area contributed by atoms with Crippen LogP contribution in [-0.4, -0.2) is 35.7 Å². The molecule has 23 heavy (non-hydrogen) atoms. The number of unbranched alkanes of at least 4 members (excludes halogenated alkanes) is 1. The van der Waals surface area contributed by atoms with Gasteiger partial charge in [0.1, 0.15) is 6.10 Å². The lowest BCUT2D eigenvalue weighted by Crippen LogP contribution is -2.41. The molecule has 0 saturated carbocycles. The highest BCUT2D eigenvalue weighted by molar-refractivity contribution is 5.87. The number of ether oxygens (including phenoxy) is 1. The molecule has 0 aromatic carbocycles. The molecule has 8 nitrogen and oxygen atoms in total. The van der Waals surface area contributed by atoms with Gasteiger partial charge in [-0.3, -0.25) is 9.79 Å². The number of guanidine groups is 1. The number of carboxylic acid groups (broad SMARTS) is 1. The molecule has 0 bridgehead atoms. The number of nitrogens with two attached hydrogens (primary N) is 1. The molecule has 0 amide bonds. The summed E-state index contributed by atoms with van der Waals surface area (Å²) in [6.45, 7) is 0.438. The smallest absolute Gasteiger partial charge is 0.333 e. The van der Waals surface area contributed by atoms with E-state index in [0.717, 1.165) is 0 Å². The molecular weight excluding hydrogens is 300 g/mol. The van der Waals surface area contributed by atoms with Gasteiger partial charge in [-0.05, 0) is 18.9 Å². The molecule has 126 valence electrons. The quantitative estimate of drug-likeness (QED) is 0.245. The zero-order valence-corrected chi connectivity index (χ0v) is 12.8. The van der Waals surface area contributed by atoms with Gasteiger partial charge in [-0.1, -0.05) is 18.2 Å². The van der Waals surface area contributed by atoms with Gasteiger partial charge >= 0.3 is 11.9 Å². The highest BCUT2D eigenvalue weighted by atomic mass is 16.5. The molecule has 1 aliphatic carbocycles. The molecule has 2 atom stereocenters. The van der Waals surface area contributed by atoms with Gasteiger partial charge in [-0.25, -0.2) is 4.79 Å². The average molecular weight is 322 g/mol. The Balaban J connectivity index is 0.00000264. The van der Waals surface area contributed by atoms with Crippen molar-refractivity contribution in [1.82, 2.24) is 11.5 Å². The Hall–Kier alpha value is -2.61. The van der Waals surface area contributed by atoms with Crippen LogP contribution in [0.4, 0.5) is 0 Å². The Bertz CT molecular complexity index is 566. The number of carboxylic acids is 1. The van der Waals surface area contributed by atoms with Crippen LogP contribution in [0.3, 0.4) is 0 Å². The highest BCUT2D eigenvalue weighted by Crippen LogP contribution is 2.26. The summed E-state index contributed by atoms with van der Waals surface area (Å²) in [6, 6.07) is 0. The van der Waals surface area contributed by atoms with Crippen LogP contribution in [0.2, 0.25) is 0 Å². The lowest BCUT2D eigenvalue weighted by molar-refractivity contribution is -0.143. The molecule has 2 unspecified atom stereocenters. The maximum absolute atomic E-state index is 11.5. The Morgan fingerprint density at radius 1 is 1.35 bits per heavy atom. The van der Waals surface area contributed by atoms with Crippen molar-refractivity contribution < 1.29 is 19.4 Å². The largest absolute Gasteiger partial charge is 0.481 e. The van der Waals surface area contributed by atoms with E-state index in [4.69, 9.17) is 15.6 Å². The van der Waals surface area contributed by atoms with Crippen LogP contribution in [0.15, 0.2) is 41.1 Å². The van der Waals surface area contributed by atoms with Crippen LogP contribution in [0.5, 0.6) is 0 Å². The molecule has 0 radical (unpaired) electrons. The van der Waals surface area contributed by atoms with E-state index in [9.17, 15) is 9.59 Å². The van der Waals surface area contributed by atoms with Crippen molar-refractivity contribution in [2.75, 3.05) is 6.54 Å². The van der Waals surface area contributed by atoms with Gasteiger partial charge in [0, 0.05) is 24.7 Å². The van der Waals surface area contributed by atoms with Crippen LogP contribution >= 0.6 is 0 Å². The lowest BCUT2D eigenvalue weighted by Gasteiger charge is -2.30. The van der Waals surface area contributed by atoms with Gasteiger partial charge < -0.3 is 27.0 Å². The Kier molecular flexibility index (Phi) is 7.01. The molecule has 0 spiro atoms. The fourth-order valence-corrected chi connectivity index (χ4v) is 2.27. The number of rotatable bonds is 6. The van der Waals surface area contributed by atoms with E-state index in [-0.39, 0.29) is 30.6 Å². The van der Waals surface area contributed by atoms with E-state index in [1.165, 1.54) is 6.08 Å². The van der Waals surface area contributed by atoms with Gasteiger partial charge in [-0.15, -0.1) is 0 Å². The van der Waals surface area contributed by atoms with E-state index >= 15 is 0 Å². The number of nitrogens with zero attached hydrogens (tertiary/aromatic N) is 1. The number of fused-ring (bicyclic) bond motifs is 1. The van der Waals surface area contributed by atoms with Crippen molar-refractivity contribution >= 4 is 17.9 Å². The summed E-state index contributed by atoms with van der Waals surface area (Å²) in [7, 11) is 0. The van der Waals surface area contributed by atoms with E-state index in [1.807, 2.05) is 24.3 Å². The van der Waals surface area contributed by atoms with Crippen LogP contribution in [0, 0.1) is 5.92 Å². The summed E-state index contributed by atoms with van der Waals surface area (Å²) in [5, 5.41) is 11.5. The number of allylic oxidation sites excluding steroid dienone is 2. The topological polar surface area (TPSA) is 149 Å². The Labute approximate surface area is 134 Å². The van der Waals surface area contributed by atoms with Crippen LogP contribution in [0.1, 0.15) is 19.3 Å². The zero-order valence-electron chi connectivity index (χ0n) is 12.8. The van der Waals surface area contributed by atoms with Crippen molar-refractivity contribution in [2.45, 2.75) is 25.4 Å². The summed E-state index contributed by atoms with van der Waals surface area (Å²) in [5.41, 5.74) is 6.45. The standard InChI is InChI=1S/C15H19N3O4.H3N/c16-15(17-8-4-3-7-13(19)20)18-11-9-14(21)22-12-6-2-1-5-10(11)12;/h1-2,5-6,9-10,12H,3-4,7-8H2,(H,19,20)(H3,16,17,18);1H3. The number of hydrogen-bond acceptors (Lipinski definition) is 5. The second kappa shape index (κ2) is 8.74. The predicted molar refractivity (Wildman–Crippen MR) is 85.9 cm³/mol. The summed E-state index contributed by atoms with van der Waals surface area (Å²) in [5.74, 6) is -1.12. The van der Waals surface area contributed by atoms with Gasteiger partial charge in [0.05, 0.1) is 5.92 Å². The van der Waals surface area contributed by atoms with Crippen molar-refractivity contribution in [3.05, 3.63) is 36.1 Å². The molecule has 0 fully saturated rings. The third-order valence-corrected chi connectivity index (χ3v) is 3.32. The first-order chi connectivity index (χ1) is 10.6. The maximum Gasteiger partial charge on any atom is 0.333 e. The molecule has 1 aliphatic heterocycles. The van der Waals surface area contributed by atoms with Crippen molar-refractivity contribution in [3.63, 3.8) is 0 Å². The molecule has 8 heteroatoms. The SMILES string of the molecule is N.NC(=NCCCCC(=O)O)NC1=CC(=O)OC2C=CC=CC12. The first-order valence-electron chi connectivity index (χ1n) is 7.12. The minimum Gasteiger partial charge on any atom is -0.481 e. The van der Waals surface area contributed by atoms with E-state index < -0.39 is 11.9 Å². The summed E-state index contributed by atoms with van der Waals surface area (Å²) in [4.78, 5) is 26.1. The van der Waals surface area contributed by atoms with Gasteiger partial charge in [0.2, 0.25) is 0 Å². The van der Waals surface area contributed by atoms with E-state index in [2.05, 4.69) is 10.3 Å². The lowest BCUT2D eigenvalue weighted by atomic mass is 9.92. The van der Waals surface area contributed by atoms with Gasteiger partial charge in [0.25, 0.3) is 0 Å². The van der Waals surface area contributed by atoms with E-state index in [1.54, 1.807) is 0 Å². The fourth-order valence-electron chi connectivity index (χ4n) is 2.27. The summed E-state index contributed by atoms with van der Waals surface area (Å²) in [6.07, 6.45) is 9.83. The predicted octanol–water partition coefficient (Wildman–Crippen LogP) is 0.859. The molecule has 2 rings (SSSR count). The maximum atomic E-state index is 11.5. The zero-order chi connectivity index (χ0) is 15.9. The number of esters is 1. The number of hydrogen-bond donors (Lipinski definition) is 4. The average Bonchev–Trinajstić information content (AvgIpc) is 2.46. The van der Waals surface area contributed by atoms with Crippen molar-refractivity contribution in [2.24, 2.45) is 16.6 Å². The third-order valence-electron chi connectivity index (χ3n) is 3.32. The van der Waals surface area contributed by atoms with Crippen LogP contribution in [0.25, 0.3) is 0 Å². The summed E-state index contributed by atoms with van der Waals surface area (Å²) >= 11 is 0. The minimum atomic E-state index is -0.816. The first kappa shape index (κ1) is 18.4. The van der Waals surface area contributed by atoms with E-state index in [0.29, 0.717) is 25.1 Å².